The molecular weight excluding hydrogens is 240 g/mol. The molecule has 0 saturated carbocycles. The fourth-order valence-electron chi connectivity index (χ4n) is 2.13. The molecule has 0 aliphatic carbocycles. The standard InChI is InChI=1S/C17H19Cl/c1-13(2)11-14-7-9-15(10-8-14)12-16-5-3-4-6-17(16)18/h3-10,13H,11-12H2,1-2H3. The zero-order chi connectivity index (χ0) is 13.0. The van der Waals surface area contributed by atoms with Crippen LogP contribution in [0.2, 0.25) is 5.02 Å². The van der Waals surface area contributed by atoms with Crippen LogP contribution >= 0.6 is 11.6 Å². The fourth-order valence-corrected chi connectivity index (χ4v) is 2.33. The molecule has 94 valence electrons. The van der Waals surface area contributed by atoms with Crippen molar-refractivity contribution in [1.82, 2.24) is 0 Å². The summed E-state index contributed by atoms with van der Waals surface area (Å²) in [5.74, 6) is 0.708. The molecule has 0 aliphatic heterocycles. The largest absolute Gasteiger partial charge is 0.0840 e. The Kier molecular flexibility index (Phi) is 4.43. The number of rotatable bonds is 4. The molecule has 2 rings (SSSR count). The highest BCUT2D eigenvalue weighted by molar-refractivity contribution is 6.31. The Hall–Kier alpha value is -1.27. The zero-order valence-corrected chi connectivity index (χ0v) is 11.7. The van der Waals surface area contributed by atoms with E-state index < -0.39 is 0 Å². The molecule has 2 aromatic carbocycles. The van der Waals surface area contributed by atoms with Crippen LogP contribution in [0.15, 0.2) is 48.5 Å². The highest BCUT2D eigenvalue weighted by Crippen LogP contribution is 2.19. The van der Waals surface area contributed by atoms with Crippen molar-refractivity contribution >= 4 is 11.6 Å². The molecule has 18 heavy (non-hydrogen) atoms. The summed E-state index contributed by atoms with van der Waals surface area (Å²) in [6.07, 6.45) is 2.05. The van der Waals surface area contributed by atoms with Crippen LogP contribution in [-0.2, 0) is 12.8 Å². The zero-order valence-electron chi connectivity index (χ0n) is 11.0. The van der Waals surface area contributed by atoms with Gasteiger partial charge in [0.1, 0.15) is 0 Å². The molecule has 0 bridgehead atoms. The first kappa shape index (κ1) is 13.2. The van der Waals surface area contributed by atoms with Crippen molar-refractivity contribution in [1.29, 1.82) is 0 Å². The van der Waals surface area contributed by atoms with Gasteiger partial charge in [0.2, 0.25) is 0 Å². The third-order valence-electron chi connectivity index (χ3n) is 3.02. The molecule has 0 radical (unpaired) electrons. The lowest BCUT2D eigenvalue weighted by Gasteiger charge is -2.07. The van der Waals surface area contributed by atoms with Crippen molar-refractivity contribution in [3.63, 3.8) is 0 Å². The first-order chi connectivity index (χ1) is 8.65. The van der Waals surface area contributed by atoms with E-state index in [2.05, 4.69) is 44.2 Å². The van der Waals surface area contributed by atoms with Gasteiger partial charge in [-0.05, 0) is 41.5 Å². The second-order valence-electron chi connectivity index (χ2n) is 5.18. The van der Waals surface area contributed by atoms with Gasteiger partial charge in [-0.25, -0.2) is 0 Å². The molecule has 0 heterocycles. The lowest BCUT2D eigenvalue weighted by Crippen LogP contribution is -1.95. The predicted octanol–water partition coefficient (Wildman–Crippen LogP) is 5.13. The van der Waals surface area contributed by atoms with Gasteiger partial charge in [0.05, 0.1) is 0 Å². The van der Waals surface area contributed by atoms with Crippen LogP contribution in [0, 0.1) is 5.92 Å². The first-order valence-corrected chi connectivity index (χ1v) is 6.84. The van der Waals surface area contributed by atoms with E-state index in [-0.39, 0.29) is 0 Å². The van der Waals surface area contributed by atoms with E-state index in [1.165, 1.54) is 16.7 Å². The van der Waals surface area contributed by atoms with Crippen molar-refractivity contribution in [2.45, 2.75) is 26.7 Å². The van der Waals surface area contributed by atoms with E-state index in [4.69, 9.17) is 11.6 Å². The summed E-state index contributed by atoms with van der Waals surface area (Å²) in [7, 11) is 0. The van der Waals surface area contributed by atoms with E-state index in [9.17, 15) is 0 Å². The summed E-state index contributed by atoms with van der Waals surface area (Å²) in [6.45, 7) is 4.50. The number of hydrogen-bond donors (Lipinski definition) is 0. The number of benzene rings is 2. The van der Waals surface area contributed by atoms with Crippen LogP contribution in [-0.4, -0.2) is 0 Å². The summed E-state index contributed by atoms with van der Waals surface area (Å²) >= 11 is 6.17. The molecule has 0 unspecified atom stereocenters. The molecule has 0 aromatic heterocycles. The van der Waals surface area contributed by atoms with Crippen LogP contribution in [0.5, 0.6) is 0 Å². The maximum Gasteiger partial charge on any atom is 0.0441 e. The summed E-state index contributed by atoms with van der Waals surface area (Å²) in [4.78, 5) is 0. The summed E-state index contributed by atoms with van der Waals surface area (Å²) in [6, 6.07) is 16.9. The van der Waals surface area contributed by atoms with E-state index >= 15 is 0 Å². The maximum absolute atomic E-state index is 6.17. The minimum atomic E-state index is 0.708. The fraction of sp³-hybridized carbons (Fsp3) is 0.294. The van der Waals surface area contributed by atoms with Gasteiger partial charge in [0.25, 0.3) is 0 Å². The highest BCUT2D eigenvalue weighted by atomic mass is 35.5. The number of halogens is 1. The average molecular weight is 259 g/mol. The van der Waals surface area contributed by atoms with Gasteiger partial charge < -0.3 is 0 Å². The molecule has 0 fully saturated rings. The van der Waals surface area contributed by atoms with E-state index in [1.807, 2.05) is 18.2 Å². The molecule has 1 heteroatoms. The topological polar surface area (TPSA) is 0 Å². The Morgan fingerprint density at radius 1 is 0.889 bits per heavy atom. The van der Waals surface area contributed by atoms with Gasteiger partial charge in [-0.15, -0.1) is 0 Å². The van der Waals surface area contributed by atoms with E-state index in [0.29, 0.717) is 5.92 Å². The van der Waals surface area contributed by atoms with Crippen molar-refractivity contribution < 1.29 is 0 Å². The van der Waals surface area contributed by atoms with Crippen LogP contribution in [0.3, 0.4) is 0 Å². The molecule has 0 nitrogen and oxygen atoms in total. The van der Waals surface area contributed by atoms with Gasteiger partial charge in [-0.3, -0.25) is 0 Å². The summed E-state index contributed by atoms with van der Waals surface area (Å²) in [5, 5.41) is 0.851. The molecule has 2 aromatic rings. The third kappa shape index (κ3) is 3.61. The predicted molar refractivity (Wildman–Crippen MR) is 79.2 cm³/mol. The second kappa shape index (κ2) is 6.06. The molecule has 0 atom stereocenters. The molecule has 0 aliphatic rings. The van der Waals surface area contributed by atoms with Crippen LogP contribution in [0.25, 0.3) is 0 Å². The third-order valence-corrected chi connectivity index (χ3v) is 3.39. The Labute approximate surface area is 115 Å². The molecule has 0 N–H and O–H groups in total. The molecular formula is C17H19Cl. The van der Waals surface area contributed by atoms with Gasteiger partial charge in [-0.1, -0.05) is 67.9 Å². The van der Waals surface area contributed by atoms with Crippen molar-refractivity contribution in [2.75, 3.05) is 0 Å². The summed E-state index contributed by atoms with van der Waals surface area (Å²) in [5.41, 5.74) is 3.92. The van der Waals surface area contributed by atoms with Gasteiger partial charge >= 0.3 is 0 Å². The van der Waals surface area contributed by atoms with Gasteiger partial charge in [0.15, 0.2) is 0 Å². The van der Waals surface area contributed by atoms with Crippen LogP contribution in [0.1, 0.15) is 30.5 Å². The average Bonchev–Trinajstić information content (AvgIpc) is 2.34. The normalized spacial score (nSPS) is 10.9. The summed E-state index contributed by atoms with van der Waals surface area (Å²) < 4.78 is 0. The maximum atomic E-state index is 6.17. The highest BCUT2D eigenvalue weighted by Gasteiger charge is 2.02. The Morgan fingerprint density at radius 3 is 2.11 bits per heavy atom. The van der Waals surface area contributed by atoms with Crippen molar-refractivity contribution in [3.8, 4) is 0 Å². The Balaban J connectivity index is 2.09. The van der Waals surface area contributed by atoms with E-state index in [0.717, 1.165) is 17.9 Å². The van der Waals surface area contributed by atoms with Crippen molar-refractivity contribution in [3.05, 3.63) is 70.2 Å². The smallest absolute Gasteiger partial charge is 0.0441 e. The Morgan fingerprint density at radius 2 is 1.50 bits per heavy atom. The minimum absolute atomic E-state index is 0.708. The SMILES string of the molecule is CC(C)Cc1ccc(Cc2ccccc2Cl)cc1. The molecule has 0 amide bonds. The molecule has 0 spiro atoms. The van der Waals surface area contributed by atoms with Crippen LogP contribution in [0.4, 0.5) is 0 Å². The lowest BCUT2D eigenvalue weighted by atomic mass is 9.99. The number of hydrogen-bond acceptors (Lipinski definition) is 0. The van der Waals surface area contributed by atoms with Gasteiger partial charge in [-0.2, -0.15) is 0 Å². The monoisotopic (exact) mass is 258 g/mol. The quantitative estimate of drug-likeness (QED) is 0.713. The second-order valence-corrected chi connectivity index (χ2v) is 5.59. The van der Waals surface area contributed by atoms with Crippen molar-refractivity contribution in [2.24, 2.45) is 5.92 Å². The van der Waals surface area contributed by atoms with E-state index in [1.54, 1.807) is 0 Å². The van der Waals surface area contributed by atoms with Gasteiger partial charge in [0, 0.05) is 5.02 Å². The lowest BCUT2D eigenvalue weighted by molar-refractivity contribution is 0.647. The first-order valence-electron chi connectivity index (χ1n) is 6.46. The molecule has 0 saturated heterocycles. The van der Waals surface area contributed by atoms with Crippen LogP contribution < -0.4 is 0 Å². The Bertz CT molecular complexity index is 497. The minimum Gasteiger partial charge on any atom is -0.0840 e.